The van der Waals surface area contributed by atoms with Gasteiger partial charge in [0.25, 0.3) is 5.91 Å². The van der Waals surface area contributed by atoms with Crippen molar-refractivity contribution in [1.82, 2.24) is 4.90 Å². The summed E-state index contributed by atoms with van der Waals surface area (Å²) in [4.78, 5) is 26.9. The lowest BCUT2D eigenvalue weighted by atomic mass is 9.98. The van der Waals surface area contributed by atoms with Crippen molar-refractivity contribution in [3.05, 3.63) is 47.5 Å². The van der Waals surface area contributed by atoms with Gasteiger partial charge >= 0.3 is 5.97 Å². The first-order valence-corrected chi connectivity index (χ1v) is 13.3. The van der Waals surface area contributed by atoms with Gasteiger partial charge in [-0.3, -0.25) is 4.79 Å². The maximum absolute atomic E-state index is 13.2. The first-order valence-electron chi connectivity index (χ1n) is 10.4. The smallest absolute Gasteiger partial charge is 0.331 e. The summed E-state index contributed by atoms with van der Waals surface area (Å²) in [6, 6.07) is 9.84. The average molecular weight is 418 g/mol. The molecule has 1 aliphatic heterocycles. The number of hydrogen-bond acceptors (Lipinski definition) is 4. The number of benzene rings is 1. The van der Waals surface area contributed by atoms with Crippen LogP contribution in [-0.4, -0.2) is 44.9 Å². The van der Waals surface area contributed by atoms with Crippen LogP contribution in [0, 0.1) is 0 Å². The van der Waals surface area contributed by atoms with E-state index >= 15 is 0 Å². The SMILES string of the molecule is CCOC(=O)/C=C1/CCCN([C@@H](CO[Si](C)(C)C(C)(C)C)c2ccccc2)C1=O. The number of nitrogens with zero attached hydrogens (tertiary/aromatic N) is 1. The van der Waals surface area contributed by atoms with Crippen molar-refractivity contribution in [2.75, 3.05) is 19.8 Å². The summed E-state index contributed by atoms with van der Waals surface area (Å²) in [5.74, 6) is -0.552. The minimum absolute atomic E-state index is 0.0924. The Morgan fingerprint density at radius 2 is 1.90 bits per heavy atom. The van der Waals surface area contributed by atoms with Crippen molar-refractivity contribution in [3.63, 3.8) is 0 Å². The fourth-order valence-corrected chi connectivity index (χ4v) is 4.14. The number of rotatable bonds is 7. The molecule has 1 amide bonds. The van der Waals surface area contributed by atoms with Gasteiger partial charge in [-0.1, -0.05) is 51.1 Å². The summed E-state index contributed by atoms with van der Waals surface area (Å²) in [5, 5.41) is 0.0924. The summed E-state index contributed by atoms with van der Waals surface area (Å²) in [5.41, 5.74) is 1.57. The maximum Gasteiger partial charge on any atom is 0.331 e. The number of amides is 1. The van der Waals surface area contributed by atoms with Crippen LogP contribution in [0.4, 0.5) is 0 Å². The zero-order valence-corrected chi connectivity index (χ0v) is 19.7. The van der Waals surface area contributed by atoms with Gasteiger partial charge in [0.2, 0.25) is 0 Å². The fraction of sp³-hybridized carbons (Fsp3) is 0.565. The zero-order valence-electron chi connectivity index (χ0n) is 18.7. The van der Waals surface area contributed by atoms with E-state index in [1.165, 1.54) is 6.08 Å². The Kier molecular flexibility index (Phi) is 7.83. The monoisotopic (exact) mass is 417 g/mol. The number of likely N-dealkylation sites (tertiary alicyclic amines) is 1. The van der Waals surface area contributed by atoms with E-state index in [9.17, 15) is 9.59 Å². The molecule has 5 nitrogen and oxygen atoms in total. The van der Waals surface area contributed by atoms with Gasteiger partial charge in [0, 0.05) is 18.2 Å². The lowest BCUT2D eigenvalue weighted by Crippen LogP contribution is -2.46. The first kappa shape index (κ1) is 23.4. The Bertz CT molecular complexity index is 737. The Morgan fingerprint density at radius 3 is 2.48 bits per heavy atom. The average Bonchev–Trinajstić information content (AvgIpc) is 2.65. The van der Waals surface area contributed by atoms with Crippen LogP contribution in [0.25, 0.3) is 0 Å². The standard InChI is InChI=1S/C23H35NO4Si/c1-7-27-21(25)16-19-14-11-15-24(22(19)26)20(18-12-9-8-10-13-18)17-28-29(5,6)23(2,3)4/h8-10,12-13,16,20H,7,11,14-15,17H2,1-6H3/b19-16-/t20-/m0/s1. The zero-order chi connectivity index (χ0) is 21.7. The number of ether oxygens (including phenoxy) is 1. The van der Waals surface area contributed by atoms with Crippen LogP contribution in [0.3, 0.4) is 0 Å². The first-order chi connectivity index (χ1) is 13.6. The molecule has 0 unspecified atom stereocenters. The fourth-order valence-electron chi connectivity index (χ4n) is 3.14. The third-order valence-corrected chi connectivity index (χ3v) is 10.4. The molecular formula is C23H35NO4Si. The molecule has 6 heteroatoms. The van der Waals surface area contributed by atoms with Gasteiger partial charge in [-0.2, -0.15) is 0 Å². The molecule has 0 aliphatic carbocycles. The summed E-state index contributed by atoms with van der Waals surface area (Å²) >= 11 is 0. The van der Waals surface area contributed by atoms with E-state index in [4.69, 9.17) is 9.16 Å². The quantitative estimate of drug-likeness (QED) is 0.361. The highest BCUT2D eigenvalue weighted by Gasteiger charge is 2.39. The molecule has 1 aliphatic rings. The Hall–Kier alpha value is -1.92. The molecular weight excluding hydrogens is 382 g/mol. The van der Waals surface area contributed by atoms with Gasteiger partial charge in [-0.25, -0.2) is 4.79 Å². The normalized spacial score (nSPS) is 18.1. The largest absolute Gasteiger partial charge is 0.463 e. The molecule has 1 saturated heterocycles. The molecule has 160 valence electrons. The van der Waals surface area contributed by atoms with Gasteiger partial charge in [0.15, 0.2) is 8.32 Å². The molecule has 0 aromatic heterocycles. The number of piperidine rings is 1. The van der Waals surface area contributed by atoms with E-state index in [1.54, 1.807) is 6.92 Å². The molecule has 0 spiro atoms. The molecule has 0 N–H and O–H groups in total. The molecule has 1 atom stereocenters. The van der Waals surface area contributed by atoms with Gasteiger partial charge in [-0.15, -0.1) is 0 Å². The van der Waals surface area contributed by atoms with Crippen LogP contribution in [0.5, 0.6) is 0 Å². The lowest BCUT2D eigenvalue weighted by molar-refractivity contribution is -0.138. The Balaban J connectivity index is 2.29. The molecule has 0 radical (unpaired) electrons. The number of carbonyl (C=O) groups excluding carboxylic acids is 2. The van der Waals surface area contributed by atoms with E-state index in [0.717, 1.165) is 12.0 Å². The van der Waals surface area contributed by atoms with Crippen LogP contribution in [0.1, 0.15) is 52.1 Å². The van der Waals surface area contributed by atoms with Crippen LogP contribution in [0.2, 0.25) is 18.1 Å². The van der Waals surface area contributed by atoms with Crippen molar-refractivity contribution in [2.24, 2.45) is 0 Å². The van der Waals surface area contributed by atoms with Gasteiger partial charge in [0.1, 0.15) is 0 Å². The third kappa shape index (κ3) is 6.03. The minimum Gasteiger partial charge on any atom is -0.463 e. The Morgan fingerprint density at radius 1 is 1.24 bits per heavy atom. The summed E-state index contributed by atoms with van der Waals surface area (Å²) in [7, 11) is -1.97. The van der Waals surface area contributed by atoms with Crippen molar-refractivity contribution in [2.45, 2.75) is 64.7 Å². The highest BCUT2D eigenvalue weighted by Crippen LogP contribution is 2.38. The molecule has 1 fully saturated rings. The van der Waals surface area contributed by atoms with E-state index in [0.29, 0.717) is 31.8 Å². The lowest BCUT2D eigenvalue weighted by Gasteiger charge is -2.40. The van der Waals surface area contributed by atoms with E-state index < -0.39 is 14.3 Å². The van der Waals surface area contributed by atoms with Gasteiger partial charge in [0.05, 0.1) is 19.3 Å². The predicted octanol–water partition coefficient (Wildman–Crippen LogP) is 4.86. The second-order valence-corrected chi connectivity index (χ2v) is 13.8. The van der Waals surface area contributed by atoms with E-state index in [-0.39, 0.29) is 17.0 Å². The molecule has 2 rings (SSSR count). The second kappa shape index (κ2) is 9.72. The topological polar surface area (TPSA) is 55.8 Å². The van der Waals surface area contributed by atoms with Crippen molar-refractivity contribution >= 4 is 20.2 Å². The summed E-state index contributed by atoms with van der Waals surface area (Å²) in [6.45, 7) is 14.2. The maximum atomic E-state index is 13.2. The predicted molar refractivity (Wildman–Crippen MR) is 118 cm³/mol. The summed E-state index contributed by atoms with van der Waals surface area (Å²) in [6.07, 6.45) is 2.77. The van der Waals surface area contributed by atoms with Crippen LogP contribution in [-0.2, 0) is 18.8 Å². The van der Waals surface area contributed by atoms with E-state index in [1.807, 2.05) is 35.2 Å². The molecule has 1 aromatic rings. The highest BCUT2D eigenvalue weighted by molar-refractivity contribution is 6.74. The van der Waals surface area contributed by atoms with Crippen LogP contribution in [0.15, 0.2) is 42.0 Å². The van der Waals surface area contributed by atoms with E-state index in [2.05, 4.69) is 33.9 Å². The van der Waals surface area contributed by atoms with Gasteiger partial charge < -0.3 is 14.1 Å². The number of esters is 1. The Labute approximate surface area is 176 Å². The molecule has 1 heterocycles. The number of hydrogen-bond donors (Lipinski definition) is 0. The minimum atomic E-state index is -1.97. The van der Waals surface area contributed by atoms with Crippen LogP contribution < -0.4 is 0 Å². The molecule has 0 saturated carbocycles. The summed E-state index contributed by atoms with van der Waals surface area (Å²) < 4.78 is 11.5. The molecule has 29 heavy (non-hydrogen) atoms. The molecule has 0 bridgehead atoms. The van der Waals surface area contributed by atoms with Crippen molar-refractivity contribution < 1.29 is 18.8 Å². The van der Waals surface area contributed by atoms with Crippen LogP contribution >= 0.6 is 0 Å². The highest BCUT2D eigenvalue weighted by atomic mass is 28.4. The molecule has 1 aromatic carbocycles. The second-order valence-electron chi connectivity index (χ2n) is 9.02. The van der Waals surface area contributed by atoms with Crippen molar-refractivity contribution in [1.29, 1.82) is 0 Å². The van der Waals surface area contributed by atoms with Crippen molar-refractivity contribution in [3.8, 4) is 0 Å². The van der Waals surface area contributed by atoms with Gasteiger partial charge in [-0.05, 0) is 43.5 Å². The number of carbonyl (C=O) groups is 2. The third-order valence-electron chi connectivity index (χ3n) is 5.93.